The van der Waals surface area contributed by atoms with E-state index in [2.05, 4.69) is 10.0 Å². The molecule has 0 heterocycles. The van der Waals surface area contributed by atoms with E-state index in [1.54, 1.807) is 0 Å². The summed E-state index contributed by atoms with van der Waals surface area (Å²) in [7, 11) is 0. The second-order valence-electron chi connectivity index (χ2n) is 1.36. The second kappa shape index (κ2) is 3.91. The van der Waals surface area contributed by atoms with E-state index in [9.17, 15) is 9.59 Å². The van der Waals surface area contributed by atoms with Gasteiger partial charge >= 0.3 is 11.9 Å². The third-order valence-corrected chi connectivity index (χ3v) is 0.632. The lowest BCUT2D eigenvalue weighted by molar-refractivity contribution is -0.135. The Kier molecular flexibility index (Phi) is 3.20. The highest BCUT2D eigenvalue weighted by molar-refractivity contribution is 5.94. The molecule has 2 N–H and O–H groups in total. The van der Waals surface area contributed by atoms with Crippen molar-refractivity contribution < 1.29 is 19.8 Å². The van der Waals surface area contributed by atoms with Crippen molar-refractivity contribution >= 4 is 11.9 Å². The Bertz CT molecular complexity index is 259. The first-order valence-electron chi connectivity index (χ1n) is 2.31. The second-order valence-corrected chi connectivity index (χ2v) is 1.36. The smallest absolute Gasteiger partial charge is 0.338 e. The van der Waals surface area contributed by atoms with E-state index in [1.807, 2.05) is 0 Å². The van der Waals surface area contributed by atoms with Crippen LogP contribution in [0.25, 0.3) is 10.4 Å². The van der Waals surface area contributed by atoms with Gasteiger partial charge in [-0.2, -0.15) is 0 Å². The fourth-order valence-electron chi connectivity index (χ4n) is 0.299. The first-order chi connectivity index (χ1) is 5.07. The summed E-state index contributed by atoms with van der Waals surface area (Å²) in [5, 5.41) is 18.8. The van der Waals surface area contributed by atoms with E-state index in [0.717, 1.165) is 0 Å². The Labute approximate surface area is 60.2 Å². The van der Waals surface area contributed by atoms with Crippen LogP contribution in [0, 0.1) is 0 Å². The summed E-state index contributed by atoms with van der Waals surface area (Å²) < 4.78 is 0. The molecule has 0 radical (unpaired) electrons. The van der Waals surface area contributed by atoms with Crippen LogP contribution in [0.4, 0.5) is 0 Å². The molecule has 0 aromatic heterocycles. The fourth-order valence-corrected chi connectivity index (χ4v) is 0.299. The Hall–Kier alpha value is -2.01. The van der Waals surface area contributed by atoms with E-state index in [1.165, 1.54) is 0 Å². The third-order valence-electron chi connectivity index (χ3n) is 0.632. The van der Waals surface area contributed by atoms with E-state index in [4.69, 9.17) is 15.7 Å². The van der Waals surface area contributed by atoms with Crippen LogP contribution < -0.4 is 0 Å². The SMILES string of the molecule is [N-]=[N+]=NC(=CC(=O)O)C(=O)O. The van der Waals surface area contributed by atoms with Crippen LogP contribution in [-0.4, -0.2) is 22.2 Å². The summed E-state index contributed by atoms with van der Waals surface area (Å²) in [6, 6.07) is 0. The number of aliphatic carboxylic acids is 2. The molecule has 0 aliphatic heterocycles. The molecule has 11 heavy (non-hydrogen) atoms. The molecule has 0 aliphatic rings. The van der Waals surface area contributed by atoms with Crippen molar-refractivity contribution in [3.8, 4) is 0 Å². The number of carboxylic acids is 2. The summed E-state index contributed by atoms with van der Waals surface area (Å²) in [5.41, 5.74) is 6.91. The number of hydrogen-bond donors (Lipinski definition) is 2. The number of azide groups is 1. The molecule has 0 atom stereocenters. The standard InChI is InChI=1S/C4H3N3O4/c5-7-6-2(4(10)11)1-3(8)9/h1H,(H,8,9)(H,10,11). The van der Waals surface area contributed by atoms with Crippen molar-refractivity contribution in [3.63, 3.8) is 0 Å². The molecule has 7 heteroatoms. The van der Waals surface area contributed by atoms with Crippen LogP contribution in [-0.2, 0) is 9.59 Å². The van der Waals surface area contributed by atoms with Gasteiger partial charge in [0, 0.05) is 11.0 Å². The zero-order chi connectivity index (χ0) is 8.85. The summed E-state index contributed by atoms with van der Waals surface area (Å²) in [6.45, 7) is 0. The summed E-state index contributed by atoms with van der Waals surface area (Å²) in [4.78, 5) is 22.0. The van der Waals surface area contributed by atoms with Crippen molar-refractivity contribution in [3.05, 3.63) is 22.2 Å². The molecule has 0 fully saturated rings. The van der Waals surface area contributed by atoms with Crippen molar-refractivity contribution in [1.82, 2.24) is 0 Å². The number of carboxylic acid groups (broad SMARTS) is 2. The summed E-state index contributed by atoms with van der Waals surface area (Å²) >= 11 is 0. The van der Waals surface area contributed by atoms with E-state index < -0.39 is 17.6 Å². The molecular formula is C4H3N3O4. The average molecular weight is 157 g/mol. The molecule has 0 spiro atoms. The molecule has 0 saturated carbocycles. The van der Waals surface area contributed by atoms with E-state index in [-0.39, 0.29) is 0 Å². The van der Waals surface area contributed by atoms with Crippen molar-refractivity contribution in [2.45, 2.75) is 0 Å². The molecule has 0 aromatic carbocycles. The maximum absolute atomic E-state index is 10.0. The predicted molar refractivity (Wildman–Crippen MR) is 32.5 cm³/mol. The minimum absolute atomic E-state index is 0.308. The van der Waals surface area contributed by atoms with Gasteiger partial charge in [0.1, 0.15) is 5.70 Å². The van der Waals surface area contributed by atoms with Crippen LogP contribution >= 0.6 is 0 Å². The molecule has 0 unspecified atom stereocenters. The number of nitrogens with zero attached hydrogens (tertiary/aromatic N) is 3. The molecule has 0 saturated heterocycles. The minimum Gasteiger partial charge on any atom is -0.478 e. The molecule has 0 amide bonds. The largest absolute Gasteiger partial charge is 0.478 e. The lowest BCUT2D eigenvalue weighted by atomic mass is 10.4. The normalized spacial score (nSPS) is 10.0. The van der Waals surface area contributed by atoms with E-state index >= 15 is 0 Å². The molecule has 0 bridgehead atoms. The van der Waals surface area contributed by atoms with Crippen molar-refractivity contribution in [2.75, 3.05) is 0 Å². The highest BCUT2D eigenvalue weighted by atomic mass is 16.4. The van der Waals surface area contributed by atoms with Gasteiger partial charge in [-0.25, -0.2) is 9.59 Å². The molecule has 0 rings (SSSR count). The summed E-state index contributed by atoms with van der Waals surface area (Å²) in [6.07, 6.45) is 0.308. The van der Waals surface area contributed by atoms with Crippen LogP contribution in [0.2, 0.25) is 0 Å². The van der Waals surface area contributed by atoms with Crippen LogP contribution in [0.15, 0.2) is 16.9 Å². The maximum Gasteiger partial charge on any atom is 0.338 e. The van der Waals surface area contributed by atoms with Crippen molar-refractivity contribution in [1.29, 1.82) is 0 Å². The highest BCUT2D eigenvalue weighted by Gasteiger charge is 2.05. The van der Waals surface area contributed by atoms with Crippen LogP contribution in [0.5, 0.6) is 0 Å². The quantitative estimate of drug-likeness (QED) is 0.265. The zero-order valence-corrected chi connectivity index (χ0v) is 5.13. The minimum atomic E-state index is -1.58. The summed E-state index contributed by atoms with van der Waals surface area (Å²) in [5.74, 6) is -3.06. The van der Waals surface area contributed by atoms with E-state index in [0.29, 0.717) is 6.08 Å². The van der Waals surface area contributed by atoms with Gasteiger partial charge in [-0.1, -0.05) is 5.11 Å². The number of rotatable bonds is 3. The molecule has 0 aromatic rings. The Morgan fingerprint density at radius 1 is 1.45 bits per heavy atom. The van der Waals surface area contributed by atoms with Gasteiger partial charge in [-0.15, -0.1) is 0 Å². The van der Waals surface area contributed by atoms with Gasteiger partial charge in [0.15, 0.2) is 0 Å². The van der Waals surface area contributed by atoms with Crippen LogP contribution in [0.3, 0.4) is 0 Å². The first kappa shape index (κ1) is 8.99. The van der Waals surface area contributed by atoms with Gasteiger partial charge in [0.25, 0.3) is 0 Å². The molecular weight excluding hydrogens is 154 g/mol. The monoisotopic (exact) mass is 157 g/mol. The maximum atomic E-state index is 10.0. The Balaban J connectivity index is 4.73. The molecule has 58 valence electrons. The Morgan fingerprint density at radius 3 is 2.27 bits per heavy atom. The Morgan fingerprint density at radius 2 is 2.00 bits per heavy atom. The van der Waals surface area contributed by atoms with Gasteiger partial charge in [0.2, 0.25) is 0 Å². The molecule has 7 nitrogen and oxygen atoms in total. The highest BCUT2D eigenvalue weighted by Crippen LogP contribution is 1.96. The lowest BCUT2D eigenvalue weighted by Gasteiger charge is -1.86. The topological polar surface area (TPSA) is 123 Å². The number of carbonyl (C=O) groups is 2. The van der Waals surface area contributed by atoms with Gasteiger partial charge in [0.05, 0.1) is 0 Å². The van der Waals surface area contributed by atoms with Crippen molar-refractivity contribution in [2.24, 2.45) is 5.11 Å². The first-order valence-corrected chi connectivity index (χ1v) is 2.31. The van der Waals surface area contributed by atoms with Gasteiger partial charge in [-0.3, -0.25) is 0 Å². The average Bonchev–Trinajstić information content (AvgIpc) is 1.86. The zero-order valence-electron chi connectivity index (χ0n) is 5.13. The predicted octanol–water partition coefficient (Wildman–Crippen LogP) is 0.350. The van der Waals surface area contributed by atoms with Gasteiger partial charge < -0.3 is 10.2 Å². The van der Waals surface area contributed by atoms with Crippen LogP contribution in [0.1, 0.15) is 0 Å². The lowest BCUT2D eigenvalue weighted by Crippen LogP contribution is -2.00. The van der Waals surface area contributed by atoms with Gasteiger partial charge in [-0.05, 0) is 5.53 Å². The fraction of sp³-hybridized carbons (Fsp3) is 0. The molecule has 0 aliphatic carbocycles. The number of hydrogen-bond acceptors (Lipinski definition) is 3. The third kappa shape index (κ3) is 3.55.